The highest BCUT2D eigenvalue weighted by Crippen LogP contribution is 2.65. The van der Waals surface area contributed by atoms with Gasteiger partial charge in [-0.3, -0.25) is 19.2 Å². The van der Waals surface area contributed by atoms with E-state index in [4.69, 9.17) is 5.73 Å². The van der Waals surface area contributed by atoms with Crippen LogP contribution in [0, 0.1) is 29.1 Å². The van der Waals surface area contributed by atoms with Crippen LogP contribution in [0.15, 0.2) is 0 Å². The Labute approximate surface area is 186 Å². The van der Waals surface area contributed by atoms with E-state index >= 15 is 0 Å². The summed E-state index contributed by atoms with van der Waals surface area (Å²) in [6.07, 6.45) is 10.1. The van der Waals surface area contributed by atoms with E-state index in [1.165, 1.54) is 12.8 Å². The molecule has 174 valence electrons. The van der Waals surface area contributed by atoms with E-state index in [-0.39, 0.29) is 35.4 Å². The molecule has 5 atom stereocenters. The Kier molecular flexibility index (Phi) is 7.59. The Hall–Kier alpha value is -1.72. The maximum atomic E-state index is 13.5. The molecule has 3 fully saturated rings. The van der Waals surface area contributed by atoms with Crippen molar-refractivity contribution in [2.75, 3.05) is 6.54 Å². The van der Waals surface area contributed by atoms with Gasteiger partial charge in [-0.2, -0.15) is 0 Å². The predicted molar refractivity (Wildman–Crippen MR) is 119 cm³/mol. The molecule has 3 aliphatic rings. The summed E-state index contributed by atoms with van der Waals surface area (Å²) >= 11 is 0. The average molecular weight is 433 g/mol. The quantitative estimate of drug-likeness (QED) is 0.674. The summed E-state index contributed by atoms with van der Waals surface area (Å²) in [6.45, 7) is 6.93. The van der Waals surface area contributed by atoms with Crippen molar-refractivity contribution < 1.29 is 19.2 Å². The second kappa shape index (κ2) is 9.83. The number of carbonyl (C=O) groups is 4. The third-order valence-electron chi connectivity index (χ3n) is 8.24. The SMILES string of the molecule is C[C@H]1CCCCCCCCCC[C@@H](C(=O)C(N)=O)CC(=O)[C@@H]2[C@@H]3[C@H](CN2C1=O)C3(C)C. The lowest BCUT2D eigenvalue weighted by Crippen LogP contribution is -2.48. The third-order valence-corrected chi connectivity index (χ3v) is 8.24. The molecule has 6 heteroatoms. The van der Waals surface area contributed by atoms with Crippen LogP contribution in [0.5, 0.6) is 0 Å². The molecule has 0 bridgehead atoms. The minimum atomic E-state index is -0.957. The fourth-order valence-electron chi connectivity index (χ4n) is 6.08. The molecule has 2 aliphatic heterocycles. The molecule has 6 nitrogen and oxygen atoms in total. The molecule has 31 heavy (non-hydrogen) atoms. The number of amides is 2. The van der Waals surface area contributed by atoms with E-state index in [1.807, 2.05) is 6.92 Å². The number of hydrogen-bond donors (Lipinski definition) is 1. The highest BCUT2D eigenvalue weighted by atomic mass is 16.2. The molecule has 0 aromatic carbocycles. The number of Topliss-reactive ketones (excluding diaryl/α,β-unsaturated/α-hetero) is 2. The zero-order chi connectivity index (χ0) is 22.8. The van der Waals surface area contributed by atoms with Gasteiger partial charge in [-0.15, -0.1) is 0 Å². The van der Waals surface area contributed by atoms with Gasteiger partial charge in [0.15, 0.2) is 5.78 Å². The van der Waals surface area contributed by atoms with Crippen molar-refractivity contribution in [3.8, 4) is 0 Å². The summed E-state index contributed by atoms with van der Waals surface area (Å²) < 4.78 is 0. The molecule has 0 aromatic heterocycles. The van der Waals surface area contributed by atoms with E-state index < -0.39 is 23.7 Å². The van der Waals surface area contributed by atoms with Crippen molar-refractivity contribution in [2.45, 2.75) is 97.4 Å². The molecule has 1 aliphatic carbocycles. The Morgan fingerprint density at radius 2 is 1.48 bits per heavy atom. The van der Waals surface area contributed by atoms with Crippen LogP contribution in [-0.4, -0.2) is 40.9 Å². The molecule has 2 heterocycles. The summed E-state index contributed by atoms with van der Waals surface area (Å²) in [5.74, 6) is -1.84. The first-order valence-corrected chi connectivity index (χ1v) is 12.3. The van der Waals surface area contributed by atoms with Gasteiger partial charge in [0.05, 0.1) is 6.04 Å². The second-order valence-electron chi connectivity index (χ2n) is 10.8. The molecule has 2 N–H and O–H groups in total. The number of nitrogens with zero attached hydrogens (tertiary/aromatic N) is 1. The van der Waals surface area contributed by atoms with Crippen LogP contribution in [-0.2, 0) is 19.2 Å². The van der Waals surface area contributed by atoms with Crippen molar-refractivity contribution >= 4 is 23.4 Å². The first-order chi connectivity index (χ1) is 14.7. The van der Waals surface area contributed by atoms with Crippen LogP contribution in [0.25, 0.3) is 0 Å². The Morgan fingerprint density at radius 3 is 2.06 bits per heavy atom. The molecule has 2 amide bonds. The summed E-state index contributed by atoms with van der Waals surface area (Å²) in [6, 6.07) is -0.464. The van der Waals surface area contributed by atoms with Crippen LogP contribution in [0.2, 0.25) is 0 Å². The normalized spacial score (nSPS) is 35.1. The van der Waals surface area contributed by atoms with Crippen LogP contribution in [0.3, 0.4) is 0 Å². The molecule has 0 spiro atoms. The van der Waals surface area contributed by atoms with Gasteiger partial charge < -0.3 is 10.6 Å². The first kappa shape index (κ1) is 23.9. The van der Waals surface area contributed by atoms with Gasteiger partial charge >= 0.3 is 0 Å². The average Bonchev–Trinajstić information content (AvgIpc) is 3.05. The van der Waals surface area contributed by atoms with Crippen LogP contribution in [0.1, 0.15) is 91.4 Å². The number of ketones is 2. The lowest BCUT2D eigenvalue weighted by molar-refractivity contribution is -0.144. The van der Waals surface area contributed by atoms with E-state index in [0.29, 0.717) is 18.9 Å². The van der Waals surface area contributed by atoms with Crippen molar-refractivity contribution in [3.63, 3.8) is 0 Å². The number of hydrogen-bond acceptors (Lipinski definition) is 4. The number of carbonyl (C=O) groups excluding carboxylic acids is 4. The summed E-state index contributed by atoms with van der Waals surface area (Å²) in [4.78, 5) is 52.6. The fourth-order valence-corrected chi connectivity index (χ4v) is 6.08. The monoisotopic (exact) mass is 432 g/mol. The van der Waals surface area contributed by atoms with Gasteiger partial charge in [-0.25, -0.2) is 0 Å². The minimum Gasteiger partial charge on any atom is -0.363 e. The van der Waals surface area contributed by atoms with Crippen molar-refractivity contribution in [2.24, 2.45) is 34.8 Å². The zero-order valence-corrected chi connectivity index (χ0v) is 19.5. The minimum absolute atomic E-state index is 0.0178. The number of piperidine rings is 1. The smallest absolute Gasteiger partial charge is 0.285 e. The van der Waals surface area contributed by atoms with Gasteiger partial charge in [0.2, 0.25) is 11.7 Å². The van der Waals surface area contributed by atoms with Crippen molar-refractivity contribution in [1.29, 1.82) is 0 Å². The first-order valence-electron chi connectivity index (χ1n) is 12.3. The lowest BCUT2D eigenvalue weighted by Gasteiger charge is -2.32. The summed E-state index contributed by atoms with van der Waals surface area (Å²) in [5, 5.41) is 0. The van der Waals surface area contributed by atoms with E-state index in [1.54, 1.807) is 4.90 Å². The molecule has 1 saturated carbocycles. The molecule has 0 radical (unpaired) electrons. The van der Waals surface area contributed by atoms with Gasteiger partial charge in [0.1, 0.15) is 0 Å². The third kappa shape index (κ3) is 5.20. The summed E-state index contributed by atoms with van der Waals surface area (Å²) in [7, 11) is 0. The fraction of sp³-hybridized carbons (Fsp3) is 0.840. The second-order valence-corrected chi connectivity index (χ2v) is 10.8. The molecule has 0 aromatic rings. The molecule has 3 rings (SSSR count). The Bertz CT molecular complexity index is 716. The van der Waals surface area contributed by atoms with Gasteiger partial charge in [0.25, 0.3) is 5.91 Å². The predicted octanol–water partition coefficient (Wildman–Crippen LogP) is 3.65. The van der Waals surface area contributed by atoms with E-state index in [0.717, 1.165) is 44.9 Å². The molecular weight excluding hydrogens is 392 g/mol. The van der Waals surface area contributed by atoms with Gasteiger partial charge in [-0.1, -0.05) is 72.1 Å². The highest BCUT2D eigenvalue weighted by molar-refractivity contribution is 6.36. The Balaban J connectivity index is 1.80. The van der Waals surface area contributed by atoms with E-state index in [9.17, 15) is 19.2 Å². The molecular formula is C25H40N2O4. The lowest BCUT2D eigenvalue weighted by atomic mass is 9.86. The van der Waals surface area contributed by atoms with Crippen molar-refractivity contribution in [3.05, 3.63) is 0 Å². The van der Waals surface area contributed by atoms with Crippen LogP contribution in [0.4, 0.5) is 0 Å². The number of rotatable bonds is 2. The zero-order valence-electron chi connectivity index (χ0n) is 19.5. The van der Waals surface area contributed by atoms with Gasteiger partial charge in [-0.05, 0) is 30.1 Å². The van der Waals surface area contributed by atoms with Crippen molar-refractivity contribution in [1.82, 2.24) is 4.90 Å². The largest absolute Gasteiger partial charge is 0.363 e. The summed E-state index contributed by atoms with van der Waals surface area (Å²) in [5.41, 5.74) is 5.33. The molecule has 2 saturated heterocycles. The Morgan fingerprint density at radius 1 is 0.935 bits per heavy atom. The standard InChI is InChI=1S/C25H40N2O4/c1-16-12-10-8-6-4-5-7-9-11-13-17(22(29)23(26)30)14-19(28)21-20-18(25(20,2)3)15-27(21)24(16)31/h16-18,20-21H,4-15H2,1-3H3,(H2,26,30)/t16-,17+,18-,20-,21+/m0/s1. The van der Waals surface area contributed by atoms with Crippen LogP contribution < -0.4 is 5.73 Å². The van der Waals surface area contributed by atoms with Crippen LogP contribution >= 0.6 is 0 Å². The topological polar surface area (TPSA) is 97.5 Å². The maximum absolute atomic E-state index is 13.5. The highest BCUT2D eigenvalue weighted by Gasteiger charge is 2.69. The number of nitrogens with two attached hydrogens (primary N) is 1. The maximum Gasteiger partial charge on any atom is 0.285 e. The molecule has 0 unspecified atom stereocenters. The van der Waals surface area contributed by atoms with Gasteiger partial charge in [0, 0.05) is 24.8 Å². The number of fused-ring (bicyclic) bond motifs is 3. The number of primary amides is 1. The van der Waals surface area contributed by atoms with E-state index in [2.05, 4.69) is 13.8 Å².